The van der Waals surface area contributed by atoms with E-state index in [0.29, 0.717) is 13.0 Å². The van der Waals surface area contributed by atoms with Gasteiger partial charge >= 0.3 is 5.97 Å². The summed E-state index contributed by atoms with van der Waals surface area (Å²) in [6, 6.07) is 6.58. The fraction of sp³-hybridized carbons (Fsp3) is 0.500. The van der Waals surface area contributed by atoms with E-state index in [2.05, 4.69) is 6.92 Å². The Labute approximate surface area is 108 Å². The molecule has 3 N–H and O–H groups in total. The highest BCUT2D eigenvalue weighted by Gasteiger charge is 2.14. The summed E-state index contributed by atoms with van der Waals surface area (Å²) >= 11 is 0. The highest BCUT2D eigenvalue weighted by atomic mass is 16.5. The molecule has 100 valence electrons. The Balaban J connectivity index is 2.58. The number of carbonyl (C=O) groups is 1. The predicted molar refractivity (Wildman–Crippen MR) is 70.8 cm³/mol. The van der Waals surface area contributed by atoms with Crippen molar-refractivity contribution in [2.45, 2.75) is 38.6 Å². The molecule has 1 aromatic rings. The van der Waals surface area contributed by atoms with Crippen LogP contribution in [0.1, 0.15) is 31.7 Å². The van der Waals surface area contributed by atoms with E-state index in [1.807, 2.05) is 24.3 Å². The van der Waals surface area contributed by atoms with Crippen molar-refractivity contribution in [3.63, 3.8) is 0 Å². The average Bonchev–Trinajstić information content (AvgIpc) is 2.36. The largest absolute Gasteiger partial charge is 0.493 e. The van der Waals surface area contributed by atoms with Gasteiger partial charge in [0.2, 0.25) is 0 Å². The smallest absolute Gasteiger partial charge is 0.320 e. The first-order valence-corrected chi connectivity index (χ1v) is 6.34. The first-order valence-electron chi connectivity index (χ1n) is 6.34. The molecule has 0 saturated carbocycles. The summed E-state index contributed by atoms with van der Waals surface area (Å²) in [5.74, 6) is -0.249. The van der Waals surface area contributed by atoms with Gasteiger partial charge < -0.3 is 15.6 Å². The van der Waals surface area contributed by atoms with Crippen LogP contribution in [-0.4, -0.2) is 23.7 Å². The second-order valence-corrected chi connectivity index (χ2v) is 4.31. The van der Waals surface area contributed by atoms with Gasteiger partial charge in [-0.05, 0) is 18.1 Å². The van der Waals surface area contributed by atoms with Gasteiger partial charge in [0.15, 0.2) is 0 Å². The minimum atomic E-state index is -0.990. The standard InChI is InChI=1S/C14H21NO3/c1-2-3-6-9-18-13-8-5-4-7-11(13)10-12(15)14(16)17/h4-5,7-8,12H,2-3,6,9-10,15H2,1H3,(H,16,17). The molecule has 0 amide bonds. The van der Waals surface area contributed by atoms with Crippen LogP contribution in [0, 0.1) is 0 Å². The molecule has 0 aliphatic carbocycles. The number of carboxylic acid groups (broad SMARTS) is 1. The Hall–Kier alpha value is -1.55. The lowest BCUT2D eigenvalue weighted by molar-refractivity contribution is -0.138. The highest BCUT2D eigenvalue weighted by molar-refractivity contribution is 5.73. The first kappa shape index (κ1) is 14.5. The van der Waals surface area contributed by atoms with Crippen molar-refractivity contribution in [1.82, 2.24) is 0 Å². The molecule has 0 aliphatic rings. The van der Waals surface area contributed by atoms with Gasteiger partial charge in [-0.25, -0.2) is 0 Å². The van der Waals surface area contributed by atoms with Crippen molar-refractivity contribution in [1.29, 1.82) is 0 Å². The molecular formula is C14H21NO3. The molecule has 1 atom stereocenters. The maximum absolute atomic E-state index is 10.7. The number of nitrogens with two attached hydrogens (primary N) is 1. The van der Waals surface area contributed by atoms with Crippen molar-refractivity contribution < 1.29 is 14.6 Å². The topological polar surface area (TPSA) is 72.5 Å². The Morgan fingerprint density at radius 2 is 2.11 bits per heavy atom. The van der Waals surface area contributed by atoms with Gasteiger partial charge in [0.1, 0.15) is 11.8 Å². The molecule has 1 aromatic carbocycles. The normalized spacial score (nSPS) is 12.1. The van der Waals surface area contributed by atoms with E-state index >= 15 is 0 Å². The van der Waals surface area contributed by atoms with E-state index in [1.165, 1.54) is 0 Å². The van der Waals surface area contributed by atoms with E-state index in [9.17, 15) is 4.79 Å². The van der Waals surface area contributed by atoms with Crippen molar-refractivity contribution in [2.75, 3.05) is 6.61 Å². The molecule has 0 saturated heterocycles. The number of hydrogen-bond acceptors (Lipinski definition) is 3. The number of unbranched alkanes of at least 4 members (excludes halogenated alkanes) is 2. The second-order valence-electron chi connectivity index (χ2n) is 4.31. The minimum absolute atomic E-state index is 0.291. The molecule has 4 nitrogen and oxygen atoms in total. The number of rotatable bonds is 8. The van der Waals surface area contributed by atoms with Crippen LogP contribution in [0.25, 0.3) is 0 Å². The van der Waals surface area contributed by atoms with Crippen molar-refractivity contribution in [2.24, 2.45) is 5.73 Å². The lowest BCUT2D eigenvalue weighted by Crippen LogP contribution is -2.32. The molecule has 0 heterocycles. The Morgan fingerprint density at radius 1 is 1.39 bits per heavy atom. The van der Waals surface area contributed by atoms with Crippen LogP contribution in [0.2, 0.25) is 0 Å². The summed E-state index contributed by atoms with van der Waals surface area (Å²) in [5, 5.41) is 8.81. The van der Waals surface area contributed by atoms with Crippen LogP contribution in [0.15, 0.2) is 24.3 Å². The van der Waals surface area contributed by atoms with E-state index in [1.54, 1.807) is 0 Å². The van der Waals surface area contributed by atoms with Crippen molar-refractivity contribution in [3.8, 4) is 5.75 Å². The van der Waals surface area contributed by atoms with Crippen LogP contribution in [-0.2, 0) is 11.2 Å². The number of ether oxygens (including phenoxy) is 1. The summed E-state index contributed by atoms with van der Waals surface area (Å²) in [6.45, 7) is 2.80. The van der Waals surface area contributed by atoms with Crippen molar-refractivity contribution in [3.05, 3.63) is 29.8 Å². The van der Waals surface area contributed by atoms with Crippen LogP contribution in [0.3, 0.4) is 0 Å². The molecule has 0 radical (unpaired) electrons. The molecule has 18 heavy (non-hydrogen) atoms. The van der Waals surface area contributed by atoms with Crippen LogP contribution in [0.5, 0.6) is 5.75 Å². The van der Waals surface area contributed by atoms with Gasteiger partial charge in [-0.1, -0.05) is 38.0 Å². The van der Waals surface area contributed by atoms with E-state index in [0.717, 1.165) is 30.6 Å². The van der Waals surface area contributed by atoms with Gasteiger partial charge in [0.25, 0.3) is 0 Å². The molecular weight excluding hydrogens is 230 g/mol. The zero-order chi connectivity index (χ0) is 13.4. The zero-order valence-electron chi connectivity index (χ0n) is 10.8. The molecule has 0 fully saturated rings. The van der Waals surface area contributed by atoms with Crippen LogP contribution in [0.4, 0.5) is 0 Å². The number of para-hydroxylation sites is 1. The summed E-state index contributed by atoms with van der Waals surface area (Å²) in [4.78, 5) is 10.7. The molecule has 1 unspecified atom stereocenters. The van der Waals surface area contributed by atoms with Gasteiger partial charge in [-0.2, -0.15) is 0 Å². The summed E-state index contributed by atoms with van der Waals surface area (Å²) in [6.07, 6.45) is 3.58. The maximum atomic E-state index is 10.7. The Morgan fingerprint density at radius 3 is 2.78 bits per heavy atom. The SMILES string of the molecule is CCCCCOc1ccccc1CC(N)C(=O)O. The number of benzene rings is 1. The van der Waals surface area contributed by atoms with E-state index < -0.39 is 12.0 Å². The quantitative estimate of drug-likeness (QED) is 0.695. The predicted octanol–water partition coefficient (Wildman–Crippen LogP) is 2.21. The lowest BCUT2D eigenvalue weighted by Gasteiger charge is -2.13. The van der Waals surface area contributed by atoms with E-state index in [4.69, 9.17) is 15.6 Å². The van der Waals surface area contributed by atoms with Gasteiger partial charge in [0, 0.05) is 6.42 Å². The van der Waals surface area contributed by atoms with Crippen LogP contribution < -0.4 is 10.5 Å². The molecule has 0 aromatic heterocycles. The fourth-order valence-corrected chi connectivity index (χ4v) is 1.67. The van der Waals surface area contributed by atoms with Crippen molar-refractivity contribution >= 4 is 5.97 Å². The summed E-state index contributed by atoms with van der Waals surface area (Å²) in [7, 11) is 0. The number of aliphatic carboxylic acids is 1. The fourth-order valence-electron chi connectivity index (χ4n) is 1.67. The summed E-state index contributed by atoms with van der Waals surface area (Å²) in [5.41, 5.74) is 6.39. The Bertz CT molecular complexity index is 379. The number of carboxylic acids is 1. The van der Waals surface area contributed by atoms with E-state index in [-0.39, 0.29) is 0 Å². The molecule has 4 heteroatoms. The highest BCUT2D eigenvalue weighted by Crippen LogP contribution is 2.19. The lowest BCUT2D eigenvalue weighted by atomic mass is 10.1. The molecule has 0 spiro atoms. The third-order valence-electron chi connectivity index (χ3n) is 2.74. The monoisotopic (exact) mass is 251 g/mol. The van der Waals surface area contributed by atoms with Gasteiger partial charge in [-0.3, -0.25) is 4.79 Å². The third kappa shape index (κ3) is 4.75. The van der Waals surface area contributed by atoms with Gasteiger partial charge in [-0.15, -0.1) is 0 Å². The molecule has 1 rings (SSSR count). The van der Waals surface area contributed by atoms with Crippen LogP contribution >= 0.6 is 0 Å². The number of hydrogen-bond donors (Lipinski definition) is 2. The zero-order valence-corrected chi connectivity index (χ0v) is 10.8. The molecule has 0 bridgehead atoms. The second kappa shape index (κ2) is 7.71. The van der Waals surface area contributed by atoms with Gasteiger partial charge in [0.05, 0.1) is 6.61 Å². The Kier molecular flexibility index (Phi) is 6.22. The average molecular weight is 251 g/mol. The third-order valence-corrected chi connectivity index (χ3v) is 2.74. The maximum Gasteiger partial charge on any atom is 0.320 e. The first-order chi connectivity index (χ1) is 8.65. The molecule has 0 aliphatic heterocycles. The minimum Gasteiger partial charge on any atom is -0.493 e. The summed E-state index contributed by atoms with van der Waals surface area (Å²) < 4.78 is 5.67.